The fraction of sp³-hybridized carbons (Fsp3) is 0.600. The van der Waals surface area contributed by atoms with Gasteiger partial charge in [-0.2, -0.15) is 13.2 Å². The maximum absolute atomic E-state index is 14.1. The number of halogens is 5. The van der Waals surface area contributed by atoms with E-state index in [4.69, 9.17) is 0 Å². The Morgan fingerprint density at radius 3 is 2.09 bits per heavy atom. The summed E-state index contributed by atoms with van der Waals surface area (Å²) in [7, 11) is 1.60. The molecule has 1 aliphatic heterocycles. The number of anilines is 1. The van der Waals surface area contributed by atoms with Crippen LogP contribution in [0.1, 0.15) is 25.3 Å². The van der Waals surface area contributed by atoms with E-state index in [1.807, 2.05) is 0 Å². The monoisotopic (exact) mass is 322 g/mol. The summed E-state index contributed by atoms with van der Waals surface area (Å²) >= 11 is 0. The molecule has 1 heterocycles. The van der Waals surface area contributed by atoms with Crippen LogP contribution in [0, 0.1) is 11.6 Å². The lowest BCUT2D eigenvalue weighted by atomic mass is 10.0. The SMILES string of the molecule is CC(C)c1c(F)cc(N2CCN(C)CC2C(F)(F)F)cc1F. The zero-order valence-electron chi connectivity index (χ0n) is 12.7. The zero-order valence-corrected chi connectivity index (χ0v) is 12.7. The smallest absolute Gasteiger partial charge is 0.357 e. The first-order valence-electron chi connectivity index (χ1n) is 7.12. The second-order valence-electron chi connectivity index (χ2n) is 5.99. The lowest BCUT2D eigenvalue weighted by Crippen LogP contribution is -2.58. The molecule has 1 aromatic carbocycles. The van der Waals surface area contributed by atoms with E-state index < -0.39 is 23.9 Å². The van der Waals surface area contributed by atoms with Crippen molar-refractivity contribution in [1.82, 2.24) is 4.90 Å². The molecule has 1 aromatic rings. The van der Waals surface area contributed by atoms with Crippen LogP contribution in [0.5, 0.6) is 0 Å². The van der Waals surface area contributed by atoms with Gasteiger partial charge in [0, 0.05) is 30.9 Å². The molecule has 0 amide bonds. The van der Waals surface area contributed by atoms with E-state index >= 15 is 0 Å². The average Bonchev–Trinajstić information content (AvgIpc) is 2.36. The van der Waals surface area contributed by atoms with Crippen LogP contribution in [0.15, 0.2) is 12.1 Å². The molecule has 1 saturated heterocycles. The first kappa shape index (κ1) is 17.0. The van der Waals surface area contributed by atoms with Crippen molar-refractivity contribution >= 4 is 5.69 Å². The highest BCUT2D eigenvalue weighted by molar-refractivity contribution is 5.51. The Labute approximate surface area is 126 Å². The standard InChI is InChI=1S/C15H19F5N2/c1-9(2)14-11(16)6-10(7-12(14)17)22-5-4-21(3)8-13(22)15(18,19)20/h6-7,9,13H,4-5,8H2,1-3H3. The molecule has 0 radical (unpaired) electrons. The van der Waals surface area contributed by atoms with Gasteiger partial charge in [0.15, 0.2) is 0 Å². The molecule has 0 bridgehead atoms. The molecule has 0 saturated carbocycles. The predicted octanol–water partition coefficient (Wildman–Crippen LogP) is 3.77. The third-order valence-electron chi connectivity index (χ3n) is 3.93. The average molecular weight is 322 g/mol. The molecule has 2 rings (SSSR count). The number of rotatable bonds is 2. The van der Waals surface area contributed by atoms with Crippen LogP contribution < -0.4 is 4.90 Å². The van der Waals surface area contributed by atoms with E-state index in [1.165, 1.54) is 0 Å². The number of hydrogen-bond donors (Lipinski definition) is 0. The minimum atomic E-state index is -4.46. The maximum Gasteiger partial charge on any atom is 0.409 e. The molecule has 0 aromatic heterocycles. The van der Waals surface area contributed by atoms with E-state index in [-0.39, 0.29) is 30.3 Å². The Hall–Kier alpha value is -1.37. The van der Waals surface area contributed by atoms with Gasteiger partial charge in [0.2, 0.25) is 0 Å². The molecule has 2 nitrogen and oxygen atoms in total. The molecular weight excluding hydrogens is 303 g/mol. The van der Waals surface area contributed by atoms with Crippen molar-refractivity contribution in [1.29, 1.82) is 0 Å². The fourth-order valence-electron chi connectivity index (χ4n) is 2.80. The Kier molecular flexibility index (Phi) is 4.65. The summed E-state index contributed by atoms with van der Waals surface area (Å²) in [5.41, 5.74) is -0.156. The minimum Gasteiger partial charge on any atom is -0.357 e. The second-order valence-corrected chi connectivity index (χ2v) is 5.99. The first-order valence-corrected chi connectivity index (χ1v) is 7.12. The summed E-state index contributed by atoms with van der Waals surface area (Å²) in [6.07, 6.45) is -4.46. The molecule has 0 aliphatic carbocycles. The molecule has 7 heteroatoms. The molecular formula is C15H19F5N2. The van der Waals surface area contributed by atoms with Gasteiger partial charge in [-0.1, -0.05) is 13.8 Å². The molecule has 1 fully saturated rings. The lowest BCUT2D eigenvalue weighted by Gasteiger charge is -2.42. The van der Waals surface area contributed by atoms with Crippen LogP contribution in [-0.2, 0) is 0 Å². The van der Waals surface area contributed by atoms with Crippen LogP contribution in [0.25, 0.3) is 0 Å². The molecule has 22 heavy (non-hydrogen) atoms. The molecule has 0 spiro atoms. The Morgan fingerprint density at radius 1 is 1.09 bits per heavy atom. The topological polar surface area (TPSA) is 6.48 Å². The van der Waals surface area contributed by atoms with Crippen LogP contribution >= 0.6 is 0 Å². The van der Waals surface area contributed by atoms with Gasteiger partial charge < -0.3 is 9.80 Å². The van der Waals surface area contributed by atoms with Crippen LogP contribution in [0.4, 0.5) is 27.6 Å². The van der Waals surface area contributed by atoms with Crippen molar-refractivity contribution in [2.45, 2.75) is 32.0 Å². The summed E-state index contributed by atoms with van der Waals surface area (Å²) in [6.45, 7) is 3.52. The van der Waals surface area contributed by atoms with Crippen LogP contribution in [-0.4, -0.2) is 43.8 Å². The van der Waals surface area contributed by atoms with E-state index in [1.54, 1.807) is 25.8 Å². The molecule has 1 unspecified atom stereocenters. The maximum atomic E-state index is 14.1. The van der Waals surface area contributed by atoms with E-state index in [2.05, 4.69) is 0 Å². The highest BCUT2D eigenvalue weighted by Crippen LogP contribution is 2.34. The second kappa shape index (κ2) is 6.02. The van der Waals surface area contributed by atoms with Gasteiger partial charge in [0.1, 0.15) is 17.7 Å². The fourth-order valence-corrected chi connectivity index (χ4v) is 2.80. The van der Waals surface area contributed by atoms with Gasteiger partial charge in [-0.05, 0) is 25.1 Å². The molecule has 0 N–H and O–H groups in total. The molecule has 124 valence electrons. The minimum absolute atomic E-state index is 0.0603. The number of likely N-dealkylation sites (N-methyl/N-ethyl adjacent to an activating group) is 1. The van der Waals surface area contributed by atoms with Gasteiger partial charge in [0.05, 0.1) is 0 Å². The van der Waals surface area contributed by atoms with Crippen LogP contribution in [0.2, 0.25) is 0 Å². The first-order chi connectivity index (χ1) is 10.1. The van der Waals surface area contributed by atoms with Gasteiger partial charge in [-0.3, -0.25) is 0 Å². The molecule has 1 aliphatic rings. The predicted molar refractivity (Wildman–Crippen MR) is 75.1 cm³/mol. The van der Waals surface area contributed by atoms with Gasteiger partial charge in [-0.15, -0.1) is 0 Å². The zero-order chi connectivity index (χ0) is 16.7. The van der Waals surface area contributed by atoms with Crippen molar-refractivity contribution in [2.75, 3.05) is 31.6 Å². The van der Waals surface area contributed by atoms with Crippen molar-refractivity contribution in [3.63, 3.8) is 0 Å². The van der Waals surface area contributed by atoms with E-state index in [9.17, 15) is 22.0 Å². The Bertz CT molecular complexity index is 518. The highest BCUT2D eigenvalue weighted by atomic mass is 19.4. The summed E-state index contributed by atoms with van der Waals surface area (Å²) < 4.78 is 67.7. The van der Waals surface area contributed by atoms with Gasteiger partial charge in [0.25, 0.3) is 0 Å². The number of nitrogens with zero attached hydrogens (tertiary/aromatic N) is 2. The van der Waals surface area contributed by atoms with Crippen LogP contribution in [0.3, 0.4) is 0 Å². The highest BCUT2D eigenvalue weighted by Gasteiger charge is 2.46. The Morgan fingerprint density at radius 2 is 1.64 bits per heavy atom. The summed E-state index contributed by atoms with van der Waals surface area (Å²) in [6, 6.07) is 0.236. The third kappa shape index (κ3) is 3.34. The number of hydrogen-bond acceptors (Lipinski definition) is 2. The van der Waals surface area contributed by atoms with Crippen molar-refractivity contribution in [3.05, 3.63) is 29.3 Å². The van der Waals surface area contributed by atoms with Gasteiger partial charge in [-0.25, -0.2) is 8.78 Å². The normalized spacial score (nSPS) is 20.8. The lowest BCUT2D eigenvalue weighted by molar-refractivity contribution is -0.155. The quantitative estimate of drug-likeness (QED) is 0.765. The van der Waals surface area contributed by atoms with Crippen molar-refractivity contribution < 1.29 is 22.0 Å². The number of benzene rings is 1. The largest absolute Gasteiger partial charge is 0.409 e. The van der Waals surface area contributed by atoms with Gasteiger partial charge >= 0.3 is 6.18 Å². The third-order valence-corrected chi connectivity index (χ3v) is 3.93. The van der Waals surface area contributed by atoms with E-state index in [0.717, 1.165) is 17.0 Å². The summed E-state index contributed by atoms with van der Waals surface area (Å²) in [5.74, 6) is -1.98. The molecule has 1 atom stereocenters. The number of alkyl halides is 3. The summed E-state index contributed by atoms with van der Waals surface area (Å²) in [4.78, 5) is 2.60. The Balaban J connectivity index is 2.41. The summed E-state index contributed by atoms with van der Waals surface area (Å²) in [5, 5.41) is 0. The van der Waals surface area contributed by atoms with E-state index in [0.29, 0.717) is 6.54 Å². The number of piperazine rings is 1. The van der Waals surface area contributed by atoms with Crippen molar-refractivity contribution in [3.8, 4) is 0 Å². The van der Waals surface area contributed by atoms with Crippen molar-refractivity contribution in [2.24, 2.45) is 0 Å².